The molecular weight excluding hydrogens is 178 g/mol. The zero-order chi connectivity index (χ0) is 9.68. The van der Waals surface area contributed by atoms with Crippen LogP contribution in [0.25, 0.3) is 0 Å². The first-order chi connectivity index (χ1) is 6.31. The summed E-state index contributed by atoms with van der Waals surface area (Å²) in [5, 5.41) is 8.16. The number of nitrogens with zero attached hydrogens (tertiary/aromatic N) is 3. The van der Waals surface area contributed by atoms with Gasteiger partial charge in [-0.2, -0.15) is 14.7 Å². The van der Waals surface area contributed by atoms with Gasteiger partial charge in [0.1, 0.15) is 24.7 Å². The maximum atomic E-state index is 10.3. The third kappa shape index (κ3) is 2.35. The topological polar surface area (TPSA) is 97.5 Å². The molecule has 1 rings (SSSR count). The molecule has 0 bridgehead atoms. The summed E-state index contributed by atoms with van der Waals surface area (Å²) in [5.74, 6) is 0. The van der Waals surface area contributed by atoms with Crippen molar-refractivity contribution < 1.29 is 4.74 Å². The summed E-state index contributed by atoms with van der Waals surface area (Å²) < 4.78 is 5.04. The highest BCUT2D eigenvalue weighted by atomic mass is 16.5. The monoisotopic (exact) mass is 187 g/mol. The van der Waals surface area contributed by atoms with Gasteiger partial charge >= 0.3 is 0 Å². The Labute approximate surface area is 73.8 Å². The summed E-state index contributed by atoms with van der Waals surface area (Å²) in [5.41, 5.74) is 0. The van der Waals surface area contributed by atoms with Crippen molar-refractivity contribution in [2.75, 3.05) is 13.2 Å². The van der Waals surface area contributed by atoms with Crippen LogP contribution in [0.15, 0.2) is 15.5 Å². The molecule has 1 aliphatic heterocycles. The SMILES string of the molecule is O=NC[C@H]1OC[C@@H](N=O)C[C@@H]1N=O. The van der Waals surface area contributed by atoms with Crippen LogP contribution in [0.2, 0.25) is 0 Å². The number of hydrogen-bond donors (Lipinski definition) is 0. The third-order valence-electron chi connectivity index (χ3n) is 1.98. The molecule has 1 saturated heterocycles. The lowest BCUT2D eigenvalue weighted by atomic mass is 10.0. The van der Waals surface area contributed by atoms with Crippen molar-refractivity contribution in [1.29, 1.82) is 0 Å². The summed E-state index contributed by atoms with van der Waals surface area (Å²) in [6, 6.07) is -1.22. The van der Waals surface area contributed by atoms with Crippen LogP contribution >= 0.6 is 0 Å². The fourth-order valence-corrected chi connectivity index (χ4v) is 1.28. The summed E-state index contributed by atoms with van der Waals surface area (Å²) in [6.45, 7) is 0.0255. The minimum atomic E-state index is -0.686. The predicted octanol–water partition coefficient (Wildman–Crippen LogP) is 0.812. The number of ether oxygens (including phenoxy) is 1. The van der Waals surface area contributed by atoms with E-state index >= 15 is 0 Å². The van der Waals surface area contributed by atoms with E-state index in [0.717, 1.165) is 0 Å². The number of hydrogen-bond acceptors (Lipinski definition) is 7. The Morgan fingerprint density at radius 1 is 1.23 bits per heavy atom. The highest BCUT2D eigenvalue weighted by Gasteiger charge is 2.33. The summed E-state index contributed by atoms with van der Waals surface area (Å²) >= 11 is 0. The molecule has 0 aliphatic carbocycles. The fourth-order valence-electron chi connectivity index (χ4n) is 1.28. The molecule has 0 amide bonds. The van der Waals surface area contributed by atoms with E-state index in [4.69, 9.17) is 4.74 Å². The molecule has 7 nitrogen and oxygen atoms in total. The van der Waals surface area contributed by atoms with Crippen molar-refractivity contribution in [3.8, 4) is 0 Å². The number of rotatable bonds is 4. The van der Waals surface area contributed by atoms with Crippen molar-refractivity contribution in [2.45, 2.75) is 24.6 Å². The second-order valence-corrected chi connectivity index (χ2v) is 2.85. The molecule has 1 aliphatic rings. The summed E-state index contributed by atoms with van der Waals surface area (Å²) in [6.07, 6.45) is -0.347. The maximum absolute atomic E-state index is 10.3. The van der Waals surface area contributed by atoms with Crippen LogP contribution in [0.3, 0.4) is 0 Å². The zero-order valence-electron chi connectivity index (χ0n) is 6.83. The standard InChI is InChI=1S/C6H9N3O4/c10-7-2-6-5(9-12)1-4(8-11)3-13-6/h4-6H,1-3H2/t4-,5-,6+/m0/s1. The van der Waals surface area contributed by atoms with E-state index in [0.29, 0.717) is 0 Å². The van der Waals surface area contributed by atoms with Crippen LogP contribution in [0.5, 0.6) is 0 Å². The van der Waals surface area contributed by atoms with Gasteiger partial charge in [-0.25, -0.2) is 0 Å². The molecule has 0 saturated carbocycles. The molecule has 0 radical (unpaired) electrons. The molecule has 1 heterocycles. The molecular formula is C6H9N3O4. The first-order valence-electron chi connectivity index (χ1n) is 3.87. The van der Waals surface area contributed by atoms with Crippen molar-refractivity contribution in [3.05, 3.63) is 14.7 Å². The molecule has 3 atom stereocenters. The largest absolute Gasteiger partial charge is 0.371 e. The predicted molar refractivity (Wildman–Crippen MR) is 44.2 cm³/mol. The van der Waals surface area contributed by atoms with E-state index in [-0.39, 0.29) is 19.6 Å². The Morgan fingerprint density at radius 2 is 2.00 bits per heavy atom. The quantitative estimate of drug-likeness (QED) is 0.608. The lowest BCUT2D eigenvalue weighted by molar-refractivity contribution is -0.00235. The van der Waals surface area contributed by atoms with Crippen molar-refractivity contribution in [3.63, 3.8) is 0 Å². The van der Waals surface area contributed by atoms with E-state index in [1.807, 2.05) is 0 Å². The van der Waals surface area contributed by atoms with Gasteiger partial charge in [-0.1, -0.05) is 15.5 Å². The normalized spacial score (nSPS) is 33.7. The highest BCUT2D eigenvalue weighted by molar-refractivity contribution is 4.88. The minimum absolute atomic E-state index is 0.109. The summed E-state index contributed by atoms with van der Waals surface area (Å²) in [4.78, 5) is 30.3. The second kappa shape index (κ2) is 4.70. The van der Waals surface area contributed by atoms with Crippen LogP contribution in [-0.2, 0) is 4.74 Å². The Bertz CT molecular complexity index is 210. The Morgan fingerprint density at radius 3 is 2.54 bits per heavy atom. The van der Waals surface area contributed by atoms with Crippen molar-refractivity contribution in [2.24, 2.45) is 15.5 Å². The van der Waals surface area contributed by atoms with E-state index in [2.05, 4.69) is 15.5 Å². The Hall–Kier alpha value is -1.24. The molecule has 0 aromatic heterocycles. The molecule has 72 valence electrons. The van der Waals surface area contributed by atoms with Gasteiger partial charge in [-0.15, -0.1) is 0 Å². The average molecular weight is 187 g/mol. The van der Waals surface area contributed by atoms with Crippen LogP contribution in [0.1, 0.15) is 6.42 Å². The van der Waals surface area contributed by atoms with Crippen LogP contribution in [0.4, 0.5) is 0 Å². The zero-order valence-corrected chi connectivity index (χ0v) is 6.83. The van der Waals surface area contributed by atoms with E-state index in [1.165, 1.54) is 0 Å². The van der Waals surface area contributed by atoms with Crippen LogP contribution in [-0.4, -0.2) is 31.3 Å². The summed E-state index contributed by atoms with van der Waals surface area (Å²) in [7, 11) is 0. The highest BCUT2D eigenvalue weighted by Crippen LogP contribution is 2.19. The lowest BCUT2D eigenvalue weighted by Crippen LogP contribution is -2.40. The van der Waals surface area contributed by atoms with Gasteiger partial charge in [-0.3, -0.25) is 0 Å². The Kier molecular flexibility index (Phi) is 3.56. The minimum Gasteiger partial charge on any atom is -0.371 e. The molecule has 1 fully saturated rings. The van der Waals surface area contributed by atoms with E-state index in [1.54, 1.807) is 0 Å². The van der Waals surface area contributed by atoms with Gasteiger partial charge in [0.15, 0.2) is 0 Å². The average Bonchev–Trinajstić information content (AvgIpc) is 2.19. The van der Waals surface area contributed by atoms with Gasteiger partial charge in [-0.05, 0) is 0 Å². The first kappa shape index (κ1) is 9.85. The van der Waals surface area contributed by atoms with Gasteiger partial charge in [0.2, 0.25) is 0 Å². The molecule has 0 N–H and O–H groups in total. The maximum Gasteiger partial charge on any atom is 0.122 e. The molecule has 0 aromatic carbocycles. The van der Waals surface area contributed by atoms with Crippen LogP contribution in [0, 0.1) is 14.7 Å². The van der Waals surface area contributed by atoms with Gasteiger partial charge in [0.05, 0.1) is 6.61 Å². The molecule has 0 spiro atoms. The van der Waals surface area contributed by atoms with Crippen molar-refractivity contribution in [1.82, 2.24) is 0 Å². The van der Waals surface area contributed by atoms with E-state index in [9.17, 15) is 14.7 Å². The Balaban J connectivity index is 2.53. The smallest absolute Gasteiger partial charge is 0.122 e. The third-order valence-corrected chi connectivity index (χ3v) is 1.98. The van der Waals surface area contributed by atoms with Crippen LogP contribution < -0.4 is 0 Å². The molecule has 0 aromatic rings. The molecule has 13 heavy (non-hydrogen) atoms. The van der Waals surface area contributed by atoms with Gasteiger partial charge in [0, 0.05) is 6.42 Å². The molecule has 0 unspecified atom stereocenters. The first-order valence-corrected chi connectivity index (χ1v) is 3.87. The van der Waals surface area contributed by atoms with Crippen molar-refractivity contribution >= 4 is 0 Å². The van der Waals surface area contributed by atoms with Gasteiger partial charge < -0.3 is 4.74 Å². The van der Waals surface area contributed by atoms with E-state index < -0.39 is 18.2 Å². The van der Waals surface area contributed by atoms with Gasteiger partial charge in [0.25, 0.3) is 0 Å². The molecule has 7 heteroatoms. The number of nitroso groups, excluding NO2 is 3. The second-order valence-electron chi connectivity index (χ2n) is 2.85. The fraction of sp³-hybridized carbons (Fsp3) is 1.00. The lowest BCUT2D eigenvalue weighted by Gasteiger charge is -2.27.